The van der Waals surface area contributed by atoms with E-state index in [-0.39, 0.29) is 5.71 Å². The van der Waals surface area contributed by atoms with E-state index in [0.29, 0.717) is 31.9 Å². The molecule has 23 heavy (non-hydrogen) atoms. The van der Waals surface area contributed by atoms with Crippen LogP contribution in [0.1, 0.15) is 0 Å². The van der Waals surface area contributed by atoms with Gasteiger partial charge in [-0.15, -0.1) is 0 Å². The van der Waals surface area contributed by atoms with Gasteiger partial charge in [0, 0.05) is 26.2 Å². The standard InChI is InChI=1S/C14H16N6O2S/c1-23(21,22)20-8-6-19(7-9-20)14-5-3-2-4-13(14)18-17-12(10-15)11-16/h2-5,18H,6-9H2,1H3. The van der Waals surface area contributed by atoms with Crippen LogP contribution >= 0.6 is 0 Å². The molecule has 1 saturated heterocycles. The van der Waals surface area contributed by atoms with Crippen LogP contribution in [-0.4, -0.2) is 50.9 Å². The molecule has 8 nitrogen and oxygen atoms in total. The zero-order valence-electron chi connectivity index (χ0n) is 12.6. The number of piperazine rings is 1. The van der Waals surface area contributed by atoms with E-state index in [1.807, 2.05) is 23.1 Å². The molecule has 1 aromatic rings. The SMILES string of the molecule is CS(=O)(=O)N1CCN(c2ccccc2NN=C(C#N)C#N)CC1. The lowest BCUT2D eigenvalue weighted by molar-refractivity contribution is 0.388. The number of hydrogen-bond acceptors (Lipinski definition) is 7. The van der Waals surface area contributed by atoms with Crippen LogP contribution in [0, 0.1) is 22.7 Å². The van der Waals surface area contributed by atoms with Crippen molar-refractivity contribution >= 4 is 27.1 Å². The van der Waals surface area contributed by atoms with Crippen LogP contribution in [-0.2, 0) is 10.0 Å². The van der Waals surface area contributed by atoms with E-state index in [4.69, 9.17) is 10.5 Å². The predicted molar refractivity (Wildman–Crippen MR) is 87.4 cm³/mol. The number of anilines is 2. The van der Waals surface area contributed by atoms with E-state index >= 15 is 0 Å². The van der Waals surface area contributed by atoms with Gasteiger partial charge in [-0.25, -0.2) is 8.42 Å². The summed E-state index contributed by atoms with van der Waals surface area (Å²) in [6, 6.07) is 10.7. The smallest absolute Gasteiger partial charge is 0.237 e. The van der Waals surface area contributed by atoms with Gasteiger partial charge in [-0.05, 0) is 12.1 Å². The van der Waals surface area contributed by atoms with Gasteiger partial charge in [-0.3, -0.25) is 5.43 Å². The Labute approximate surface area is 135 Å². The largest absolute Gasteiger partial charge is 0.367 e. The maximum atomic E-state index is 11.6. The average Bonchev–Trinajstić information content (AvgIpc) is 2.55. The van der Waals surface area contributed by atoms with Gasteiger partial charge in [-0.1, -0.05) is 12.1 Å². The molecule has 0 aromatic heterocycles. The Balaban J connectivity index is 2.15. The van der Waals surface area contributed by atoms with Crippen LogP contribution in [0.15, 0.2) is 29.4 Å². The highest BCUT2D eigenvalue weighted by molar-refractivity contribution is 7.88. The first-order valence-corrected chi connectivity index (χ1v) is 8.73. The maximum Gasteiger partial charge on any atom is 0.237 e. The van der Waals surface area contributed by atoms with Crippen molar-refractivity contribution in [2.75, 3.05) is 42.8 Å². The Morgan fingerprint density at radius 3 is 2.35 bits per heavy atom. The molecule has 1 aliphatic heterocycles. The molecule has 0 amide bonds. The van der Waals surface area contributed by atoms with E-state index in [2.05, 4.69) is 10.5 Å². The van der Waals surface area contributed by atoms with Gasteiger partial charge in [0.05, 0.1) is 17.6 Å². The molecule has 1 fully saturated rings. The topological polar surface area (TPSA) is 113 Å². The normalized spacial score (nSPS) is 15.3. The highest BCUT2D eigenvalue weighted by Gasteiger charge is 2.24. The van der Waals surface area contributed by atoms with Gasteiger partial charge in [0.15, 0.2) is 0 Å². The lowest BCUT2D eigenvalue weighted by atomic mass is 10.2. The van der Waals surface area contributed by atoms with Gasteiger partial charge < -0.3 is 4.90 Å². The molecule has 9 heteroatoms. The molecule has 0 aliphatic carbocycles. The summed E-state index contributed by atoms with van der Waals surface area (Å²) in [5.41, 5.74) is 3.96. The molecule has 1 N–H and O–H groups in total. The number of sulfonamides is 1. The summed E-state index contributed by atoms with van der Waals surface area (Å²) in [6.45, 7) is 1.94. The Morgan fingerprint density at radius 1 is 1.17 bits per heavy atom. The molecule has 0 atom stereocenters. The molecule has 1 heterocycles. The van der Waals surface area contributed by atoms with E-state index in [1.165, 1.54) is 10.6 Å². The van der Waals surface area contributed by atoms with Crippen LogP contribution < -0.4 is 10.3 Å². The minimum Gasteiger partial charge on any atom is -0.367 e. The summed E-state index contributed by atoms with van der Waals surface area (Å²) in [7, 11) is -3.17. The fourth-order valence-corrected chi connectivity index (χ4v) is 3.12. The van der Waals surface area contributed by atoms with Crippen molar-refractivity contribution in [3.05, 3.63) is 24.3 Å². The summed E-state index contributed by atoms with van der Waals surface area (Å²) >= 11 is 0. The van der Waals surface area contributed by atoms with Crippen molar-refractivity contribution in [1.29, 1.82) is 10.5 Å². The van der Waals surface area contributed by atoms with Gasteiger partial charge in [-0.2, -0.15) is 19.9 Å². The average molecular weight is 332 g/mol. The Morgan fingerprint density at radius 2 is 1.78 bits per heavy atom. The van der Waals surface area contributed by atoms with Gasteiger partial charge in [0.2, 0.25) is 15.7 Å². The maximum absolute atomic E-state index is 11.6. The monoisotopic (exact) mass is 332 g/mol. The second-order valence-corrected chi connectivity index (χ2v) is 6.94. The van der Waals surface area contributed by atoms with Crippen LogP contribution in [0.4, 0.5) is 11.4 Å². The highest BCUT2D eigenvalue weighted by atomic mass is 32.2. The summed E-state index contributed by atoms with van der Waals surface area (Å²) in [5, 5.41) is 21.2. The number of benzene rings is 1. The van der Waals surface area contributed by atoms with E-state index < -0.39 is 10.0 Å². The summed E-state index contributed by atoms with van der Waals surface area (Å²) in [4.78, 5) is 2.04. The van der Waals surface area contributed by atoms with Crippen LogP contribution in [0.3, 0.4) is 0 Å². The molecular formula is C14H16N6O2S. The number of nitrogens with one attached hydrogen (secondary N) is 1. The minimum absolute atomic E-state index is 0.262. The summed E-state index contributed by atoms with van der Waals surface area (Å²) in [6.07, 6.45) is 1.21. The number of hydrazone groups is 1. The number of rotatable bonds is 4. The van der Waals surface area contributed by atoms with E-state index in [1.54, 1.807) is 18.2 Å². The summed E-state index contributed by atoms with van der Waals surface area (Å²) in [5.74, 6) is 0. The van der Waals surface area contributed by atoms with Crippen LogP contribution in [0.2, 0.25) is 0 Å². The Hall–Kier alpha value is -2.62. The number of nitriles is 2. The first-order chi connectivity index (χ1) is 11.0. The van der Waals surface area contributed by atoms with Crippen molar-refractivity contribution in [3.63, 3.8) is 0 Å². The minimum atomic E-state index is -3.17. The number of nitrogens with zero attached hydrogens (tertiary/aromatic N) is 5. The molecule has 0 bridgehead atoms. The first kappa shape index (κ1) is 16.7. The molecule has 2 rings (SSSR count). The van der Waals surface area contributed by atoms with Crippen molar-refractivity contribution in [2.45, 2.75) is 0 Å². The van der Waals surface area contributed by atoms with E-state index in [0.717, 1.165) is 5.69 Å². The molecule has 1 aliphatic rings. The lowest BCUT2D eigenvalue weighted by Crippen LogP contribution is -2.48. The molecule has 0 radical (unpaired) electrons. The second-order valence-electron chi connectivity index (χ2n) is 4.96. The van der Waals surface area contributed by atoms with Crippen molar-refractivity contribution in [2.24, 2.45) is 5.10 Å². The third-order valence-electron chi connectivity index (χ3n) is 3.45. The number of hydrogen-bond donors (Lipinski definition) is 1. The second kappa shape index (κ2) is 7.09. The highest BCUT2D eigenvalue weighted by Crippen LogP contribution is 2.27. The quantitative estimate of drug-likeness (QED) is 0.637. The molecule has 0 saturated carbocycles. The van der Waals surface area contributed by atoms with Crippen LogP contribution in [0.5, 0.6) is 0 Å². The fraction of sp³-hybridized carbons (Fsp3) is 0.357. The van der Waals surface area contributed by atoms with Crippen molar-refractivity contribution < 1.29 is 8.42 Å². The number of para-hydroxylation sites is 2. The van der Waals surface area contributed by atoms with Gasteiger partial charge in [0.25, 0.3) is 0 Å². The zero-order chi connectivity index (χ0) is 16.9. The van der Waals surface area contributed by atoms with Gasteiger partial charge in [0.1, 0.15) is 12.1 Å². The Bertz CT molecular complexity index is 766. The first-order valence-electron chi connectivity index (χ1n) is 6.88. The predicted octanol–water partition coefficient (Wildman–Crippen LogP) is 0.583. The molecule has 120 valence electrons. The van der Waals surface area contributed by atoms with Gasteiger partial charge >= 0.3 is 0 Å². The molecule has 1 aromatic carbocycles. The fourth-order valence-electron chi connectivity index (χ4n) is 2.30. The van der Waals surface area contributed by atoms with Crippen molar-refractivity contribution in [1.82, 2.24) is 4.31 Å². The lowest BCUT2D eigenvalue weighted by Gasteiger charge is -2.35. The molecular weight excluding hydrogens is 316 g/mol. The zero-order valence-corrected chi connectivity index (χ0v) is 13.4. The Kier molecular flexibility index (Phi) is 5.16. The third kappa shape index (κ3) is 4.19. The van der Waals surface area contributed by atoms with Crippen molar-refractivity contribution in [3.8, 4) is 12.1 Å². The third-order valence-corrected chi connectivity index (χ3v) is 4.76. The van der Waals surface area contributed by atoms with E-state index in [9.17, 15) is 8.42 Å². The molecule has 0 spiro atoms. The van der Waals surface area contributed by atoms with Crippen LogP contribution in [0.25, 0.3) is 0 Å². The summed E-state index contributed by atoms with van der Waals surface area (Å²) < 4.78 is 24.6. The molecule has 0 unspecified atom stereocenters.